The lowest BCUT2D eigenvalue weighted by Crippen LogP contribution is -2.50. The number of rotatable bonds is 8. The fourth-order valence-corrected chi connectivity index (χ4v) is 6.17. The van der Waals surface area contributed by atoms with Crippen molar-refractivity contribution in [1.82, 2.24) is 5.32 Å². The van der Waals surface area contributed by atoms with E-state index in [0.29, 0.717) is 23.6 Å². The zero-order valence-corrected chi connectivity index (χ0v) is 19.9. The molecule has 6 nitrogen and oxygen atoms in total. The summed E-state index contributed by atoms with van der Waals surface area (Å²) in [6.45, 7) is 3.98. The van der Waals surface area contributed by atoms with E-state index in [0.717, 1.165) is 12.0 Å². The van der Waals surface area contributed by atoms with Gasteiger partial charge in [0, 0.05) is 23.2 Å². The number of carbonyl (C=O) groups excluding carboxylic acids is 2. The van der Waals surface area contributed by atoms with Crippen LogP contribution in [0.25, 0.3) is 0 Å². The fraction of sp³-hybridized carbons (Fsp3) is 0.417. The number of anilines is 1. The smallest absolute Gasteiger partial charge is 0.242 e. The van der Waals surface area contributed by atoms with Crippen LogP contribution in [0.15, 0.2) is 53.4 Å². The number of amides is 2. The molecule has 32 heavy (non-hydrogen) atoms. The Morgan fingerprint density at radius 3 is 2.38 bits per heavy atom. The molecule has 0 spiro atoms. The summed E-state index contributed by atoms with van der Waals surface area (Å²) < 4.78 is 25.4. The predicted octanol–water partition coefficient (Wildman–Crippen LogP) is 4.73. The van der Waals surface area contributed by atoms with Gasteiger partial charge >= 0.3 is 0 Å². The topological polar surface area (TPSA) is 92.3 Å². The van der Waals surface area contributed by atoms with Crippen LogP contribution in [0.4, 0.5) is 5.69 Å². The Balaban J connectivity index is 1.76. The van der Waals surface area contributed by atoms with Crippen molar-refractivity contribution >= 4 is 38.9 Å². The van der Waals surface area contributed by atoms with Gasteiger partial charge in [0.2, 0.25) is 11.8 Å². The van der Waals surface area contributed by atoms with E-state index in [2.05, 4.69) is 10.6 Å². The zero-order valence-electron chi connectivity index (χ0n) is 18.4. The second kappa shape index (κ2) is 10.0. The summed E-state index contributed by atoms with van der Waals surface area (Å²) in [6.07, 6.45) is 2.67. The highest BCUT2D eigenvalue weighted by molar-refractivity contribution is 7.93. The minimum absolute atomic E-state index is 0.0624. The van der Waals surface area contributed by atoms with Gasteiger partial charge in [-0.3, -0.25) is 9.59 Å². The Bertz CT molecular complexity index is 1080. The van der Waals surface area contributed by atoms with Gasteiger partial charge in [-0.25, -0.2) is 8.42 Å². The first kappa shape index (κ1) is 24.3. The largest absolute Gasteiger partial charge is 0.351 e. The summed E-state index contributed by atoms with van der Waals surface area (Å²) in [7, 11) is -3.88. The molecule has 172 valence electrons. The molecule has 0 aliphatic heterocycles. The minimum atomic E-state index is -3.88. The molecule has 0 radical (unpaired) electrons. The molecule has 1 atom stereocenters. The van der Waals surface area contributed by atoms with Gasteiger partial charge in [-0.2, -0.15) is 0 Å². The first-order valence-electron chi connectivity index (χ1n) is 10.9. The second-order valence-electron chi connectivity index (χ2n) is 8.34. The molecule has 1 saturated carbocycles. The molecule has 2 aromatic carbocycles. The van der Waals surface area contributed by atoms with Crippen LogP contribution in [0.1, 0.15) is 51.5 Å². The first-order valence-corrected chi connectivity index (χ1v) is 12.7. The SMILES string of the molecule is CCC(C)C(=O)Nc1cccc(CNC(=O)C2(S(=O)(=O)c3ccc(Cl)cc3)CCCC2)c1. The lowest BCUT2D eigenvalue weighted by atomic mass is 10.1. The Kier molecular flexibility index (Phi) is 7.62. The standard InChI is InChI=1S/C24H29ClN2O4S/c1-3-17(2)22(28)27-20-8-6-7-18(15-20)16-26-23(29)24(13-4-5-14-24)32(30,31)21-11-9-19(25)10-12-21/h6-12,15,17H,3-5,13-14,16H2,1-2H3,(H,26,29)(H,27,28). The van der Waals surface area contributed by atoms with E-state index in [-0.39, 0.29) is 36.1 Å². The van der Waals surface area contributed by atoms with Crippen LogP contribution in [0.3, 0.4) is 0 Å². The van der Waals surface area contributed by atoms with Crippen molar-refractivity contribution < 1.29 is 18.0 Å². The lowest BCUT2D eigenvalue weighted by molar-refractivity contribution is -0.123. The summed E-state index contributed by atoms with van der Waals surface area (Å²) in [5.41, 5.74) is 1.42. The van der Waals surface area contributed by atoms with Gasteiger partial charge in [0.15, 0.2) is 14.6 Å². The molecule has 2 amide bonds. The number of nitrogens with one attached hydrogen (secondary N) is 2. The normalized spacial score (nSPS) is 16.3. The van der Waals surface area contributed by atoms with Crippen molar-refractivity contribution in [3.05, 3.63) is 59.1 Å². The van der Waals surface area contributed by atoms with E-state index in [1.165, 1.54) is 24.3 Å². The highest BCUT2D eigenvalue weighted by Gasteiger charge is 2.52. The summed E-state index contributed by atoms with van der Waals surface area (Å²) >= 11 is 5.91. The van der Waals surface area contributed by atoms with Crippen molar-refractivity contribution in [2.24, 2.45) is 5.92 Å². The Labute approximate surface area is 194 Å². The van der Waals surface area contributed by atoms with Crippen LogP contribution in [0.5, 0.6) is 0 Å². The van der Waals surface area contributed by atoms with E-state index >= 15 is 0 Å². The van der Waals surface area contributed by atoms with Crippen molar-refractivity contribution in [2.75, 3.05) is 5.32 Å². The predicted molar refractivity (Wildman–Crippen MR) is 126 cm³/mol. The van der Waals surface area contributed by atoms with Crippen LogP contribution in [-0.2, 0) is 26.0 Å². The number of sulfone groups is 1. The van der Waals surface area contributed by atoms with Gasteiger partial charge in [-0.15, -0.1) is 0 Å². The molecule has 0 bridgehead atoms. The third kappa shape index (κ3) is 4.99. The average Bonchev–Trinajstić information content (AvgIpc) is 3.29. The molecule has 8 heteroatoms. The Hall–Kier alpha value is -2.38. The lowest BCUT2D eigenvalue weighted by Gasteiger charge is -2.27. The number of hydrogen-bond acceptors (Lipinski definition) is 4. The number of carbonyl (C=O) groups is 2. The Morgan fingerprint density at radius 1 is 1.09 bits per heavy atom. The van der Waals surface area contributed by atoms with Gasteiger partial charge in [-0.1, -0.05) is 50.4 Å². The summed E-state index contributed by atoms with van der Waals surface area (Å²) in [6, 6.07) is 13.1. The molecule has 2 aromatic rings. The van der Waals surface area contributed by atoms with Crippen LogP contribution in [-0.4, -0.2) is 25.0 Å². The van der Waals surface area contributed by atoms with Gasteiger partial charge in [-0.05, 0) is 61.2 Å². The zero-order chi connectivity index (χ0) is 23.4. The van der Waals surface area contributed by atoms with E-state index < -0.39 is 20.5 Å². The number of halogens is 1. The molecule has 3 rings (SSSR count). The summed E-state index contributed by atoms with van der Waals surface area (Å²) in [5.74, 6) is -0.648. The molecule has 1 fully saturated rings. The molecule has 1 aliphatic rings. The fourth-order valence-electron chi connectivity index (χ4n) is 3.96. The van der Waals surface area contributed by atoms with Gasteiger partial charge in [0.05, 0.1) is 4.90 Å². The van der Waals surface area contributed by atoms with E-state index in [4.69, 9.17) is 11.6 Å². The quantitative estimate of drug-likeness (QED) is 0.576. The molecular formula is C24H29ClN2O4S. The molecule has 1 aliphatic carbocycles. The summed E-state index contributed by atoms with van der Waals surface area (Å²) in [5, 5.41) is 6.14. The third-order valence-corrected chi connectivity index (χ3v) is 8.94. The maximum absolute atomic E-state index is 13.4. The van der Waals surface area contributed by atoms with Gasteiger partial charge in [0.25, 0.3) is 0 Å². The van der Waals surface area contributed by atoms with Gasteiger partial charge < -0.3 is 10.6 Å². The number of benzene rings is 2. The maximum atomic E-state index is 13.4. The summed E-state index contributed by atoms with van der Waals surface area (Å²) in [4.78, 5) is 25.5. The van der Waals surface area contributed by atoms with Crippen molar-refractivity contribution in [1.29, 1.82) is 0 Å². The van der Waals surface area contributed by atoms with Crippen LogP contribution in [0, 0.1) is 5.92 Å². The third-order valence-electron chi connectivity index (χ3n) is 6.17. The van der Waals surface area contributed by atoms with E-state index in [1.807, 2.05) is 19.9 Å². The molecule has 0 aromatic heterocycles. The van der Waals surface area contributed by atoms with Crippen LogP contribution < -0.4 is 10.6 Å². The van der Waals surface area contributed by atoms with Crippen molar-refractivity contribution in [3.8, 4) is 0 Å². The first-order chi connectivity index (χ1) is 15.2. The van der Waals surface area contributed by atoms with Crippen LogP contribution >= 0.6 is 11.6 Å². The molecule has 1 unspecified atom stereocenters. The number of hydrogen-bond donors (Lipinski definition) is 2. The van der Waals surface area contributed by atoms with E-state index in [1.54, 1.807) is 18.2 Å². The monoisotopic (exact) mass is 476 g/mol. The van der Waals surface area contributed by atoms with Crippen molar-refractivity contribution in [3.63, 3.8) is 0 Å². The highest BCUT2D eigenvalue weighted by Crippen LogP contribution is 2.41. The highest BCUT2D eigenvalue weighted by atomic mass is 35.5. The van der Waals surface area contributed by atoms with Gasteiger partial charge in [0.1, 0.15) is 0 Å². The molecular weight excluding hydrogens is 448 g/mol. The molecule has 0 saturated heterocycles. The van der Waals surface area contributed by atoms with E-state index in [9.17, 15) is 18.0 Å². The van der Waals surface area contributed by atoms with Crippen LogP contribution in [0.2, 0.25) is 5.02 Å². The Morgan fingerprint density at radius 2 is 1.75 bits per heavy atom. The maximum Gasteiger partial charge on any atom is 0.242 e. The minimum Gasteiger partial charge on any atom is -0.351 e. The molecule has 0 heterocycles. The molecule has 2 N–H and O–H groups in total. The average molecular weight is 477 g/mol. The second-order valence-corrected chi connectivity index (χ2v) is 11.0. The van der Waals surface area contributed by atoms with Crippen molar-refractivity contribution in [2.45, 2.75) is 62.1 Å².